The highest BCUT2D eigenvalue weighted by Crippen LogP contribution is 2.24. The maximum Gasteiger partial charge on any atom is 0.344 e. The van der Waals surface area contributed by atoms with Crippen molar-refractivity contribution in [1.82, 2.24) is 0 Å². The fraction of sp³-hybridized carbons (Fsp3) is 0.176. The van der Waals surface area contributed by atoms with Crippen molar-refractivity contribution in [2.75, 3.05) is 12.4 Å². The zero-order chi connectivity index (χ0) is 16.8. The molecule has 0 aliphatic carbocycles. The molecule has 0 fully saturated rings. The average molecular weight is 315 g/mol. The number of aliphatic carboxylic acids is 1. The molecule has 1 amide bonds. The molecular weight excluding hydrogens is 298 g/mol. The molecule has 0 aromatic heterocycles. The molecule has 0 unspecified atom stereocenters. The lowest BCUT2D eigenvalue weighted by Gasteiger charge is -2.12. The van der Waals surface area contributed by atoms with E-state index in [0.717, 1.165) is 0 Å². The number of carbonyl (C=O) groups is 2. The summed E-state index contributed by atoms with van der Waals surface area (Å²) >= 11 is 0. The van der Waals surface area contributed by atoms with E-state index < -0.39 is 12.1 Å². The summed E-state index contributed by atoms with van der Waals surface area (Å²) in [4.78, 5) is 23.0. The van der Waals surface area contributed by atoms with Crippen molar-refractivity contribution in [2.24, 2.45) is 0 Å². The van der Waals surface area contributed by atoms with Crippen molar-refractivity contribution in [3.05, 3.63) is 54.1 Å². The zero-order valence-corrected chi connectivity index (χ0v) is 12.8. The summed E-state index contributed by atoms with van der Waals surface area (Å²) in [6, 6.07) is 13.3. The van der Waals surface area contributed by atoms with Crippen LogP contribution in [0.1, 0.15) is 17.3 Å². The lowest BCUT2D eigenvalue weighted by atomic mass is 10.2. The molecule has 0 aliphatic rings. The number of anilines is 1. The van der Waals surface area contributed by atoms with E-state index in [9.17, 15) is 9.59 Å². The van der Waals surface area contributed by atoms with Gasteiger partial charge in [0.05, 0.1) is 12.8 Å². The number of carbonyl (C=O) groups excluding carboxylic acids is 1. The minimum absolute atomic E-state index is 0.299. The first-order valence-electron chi connectivity index (χ1n) is 6.95. The predicted octanol–water partition coefficient (Wildman–Crippen LogP) is 2.80. The Morgan fingerprint density at radius 3 is 2.35 bits per heavy atom. The minimum Gasteiger partial charge on any atom is -0.495 e. The number of carboxylic acids is 1. The Morgan fingerprint density at radius 1 is 1.09 bits per heavy atom. The van der Waals surface area contributed by atoms with Crippen LogP contribution in [0.3, 0.4) is 0 Å². The first-order valence-corrected chi connectivity index (χ1v) is 6.95. The fourth-order valence-corrected chi connectivity index (χ4v) is 1.88. The zero-order valence-electron chi connectivity index (χ0n) is 12.8. The standard InChI is InChI=1S/C17H17NO5/c1-11(17(20)21)23-13-9-7-12(8-10-13)16(19)18-14-5-3-4-6-15(14)22-2/h3-11H,1-2H3,(H,18,19)(H,20,21)/t11-/m1/s1. The lowest BCUT2D eigenvalue weighted by molar-refractivity contribution is -0.144. The Hall–Kier alpha value is -3.02. The number of methoxy groups -OCH3 is 1. The molecule has 0 saturated carbocycles. The van der Waals surface area contributed by atoms with Gasteiger partial charge in [-0.1, -0.05) is 12.1 Å². The molecule has 0 radical (unpaired) electrons. The van der Waals surface area contributed by atoms with Gasteiger partial charge < -0.3 is 19.9 Å². The molecule has 1 atom stereocenters. The van der Waals surface area contributed by atoms with Gasteiger partial charge in [0.2, 0.25) is 0 Å². The maximum absolute atomic E-state index is 12.2. The van der Waals surface area contributed by atoms with Gasteiger partial charge in [0.25, 0.3) is 5.91 Å². The predicted molar refractivity (Wildman–Crippen MR) is 85.1 cm³/mol. The smallest absolute Gasteiger partial charge is 0.344 e. The molecule has 6 heteroatoms. The summed E-state index contributed by atoms with van der Waals surface area (Å²) in [6.45, 7) is 1.44. The van der Waals surface area contributed by atoms with Gasteiger partial charge in [-0.25, -0.2) is 4.79 Å². The Balaban J connectivity index is 2.07. The number of hydrogen-bond acceptors (Lipinski definition) is 4. The van der Waals surface area contributed by atoms with E-state index >= 15 is 0 Å². The first-order chi connectivity index (χ1) is 11.0. The number of rotatable bonds is 6. The second-order valence-corrected chi connectivity index (χ2v) is 4.78. The summed E-state index contributed by atoms with van der Waals surface area (Å²) in [5.41, 5.74) is 0.992. The van der Waals surface area contributed by atoms with Gasteiger partial charge in [0.1, 0.15) is 11.5 Å². The topological polar surface area (TPSA) is 84.9 Å². The second kappa shape index (κ2) is 7.31. The second-order valence-electron chi connectivity index (χ2n) is 4.78. The summed E-state index contributed by atoms with van der Waals surface area (Å²) in [5.74, 6) is -0.403. The summed E-state index contributed by atoms with van der Waals surface area (Å²) in [5, 5.41) is 11.6. The van der Waals surface area contributed by atoms with Crippen LogP contribution in [-0.4, -0.2) is 30.2 Å². The van der Waals surface area contributed by atoms with Gasteiger partial charge in [0.15, 0.2) is 6.10 Å². The largest absolute Gasteiger partial charge is 0.495 e. The molecule has 0 heterocycles. The number of para-hydroxylation sites is 2. The van der Waals surface area contributed by atoms with Crippen LogP contribution in [0.2, 0.25) is 0 Å². The monoisotopic (exact) mass is 315 g/mol. The molecule has 0 saturated heterocycles. The molecule has 2 rings (SSSR count). The quantitative estimate of drug-likeness (QED) is 0.856. The van der Waals surface area contributed by atoms with Crippen LogP contribution in [0, 0.1) is 0 Å². The molecule has 2 aromatic rings. The number of ether oxygens (including phenoxy) is 2. The fourth-order valence-electron chi connectivity index (χ4n) is 1.88. The third-order valence-corrected chi connectivity index (χ3v) is 3.13. The number of nitrogens with one attached hydrogen (secondary N) is 1. The molecular formula is C17H17NO5. The molecule has 0 aliphatic heterocycles. The van der Waals surface area contributed by atoms with Crippen molar-refractivity contribution in [3.63, 3.8) is 0 Å². The van der Waals surface area contributed by atoms with Crippen molar-refractivity contribution in [2.45, 2.75) is 13.0 Å². The third kappa shape index (κ3) is 4.23. The third-order valence-electron chi connectivity index (χ3n) is 3.13. The molecule has 2 aromatic carbocycles. The van der Waals surface area contributed by atoms with E-state index in [0.29, 0.717) is 22.7 Å². The molecule has 6 nitrogen and oxygen atoms in total. The Morgan fingerprint density at radius 2 is 1.74 bits per heavy atom. The summed E-state index contributed by atoms with van der Waals surface area (Å²) in [6.07, 6.45) is -0.955. The summed E-state index contributed by atoms with van der Waals surface area (Å²) < 4.78 is 10.4. The normalized spacial score (nSPS) is 11.4. The van der Waals surface area contributed by atoms with Gasteiger partial charge in [-0.15, -0.1) is 0 Å². The number of amides is 1. The molecule has 0 bridgehead atoms. The van der Waals surface area contributed by atoms with Gasteiger partial charge in [-0.3, -0.25) is 4.79 Å². The first kappa shape index (κ1) is 16.4. The highest BCUT2D eigenvalue weighted by atomic mass is 16.5. The van der Waals surface area contributed by atoms with Crippen molar-refractivity contribution in [3.8, 4) is 11.5 Å². The van der Waals surface area contributed by atoms with E-state index in [1.165, 1.54) is 14.0 Å². The van der Waals surface area contributed by atoms with Crippen LogP contribution in [0.25, 0.3) is 0 Å². The van der Waals surface area contributed by atoms with Crippen molar-refractivity contribution < 1.29 is 24.2 Å². The van der Waals surface area contributed by atoms with Crippen molar-refractivity contribution in [1.29, 1.82) is 0 Å². The lowest BCUT2D eigenvalue weighted by Crippen LogP contribution is -2.22. The Labute approximate surface area is 133 Å². The SMILES string of the molecule is COc1ccccc1NC(=O)c1ccc(O[C@H](C)C(=O)O)cc1. The van der Waals surface area contributed by atoms with Crippen molar-refractivity contribution >= 4 is 17.6 Å². The van der Waals surface area contributed by atoms with Gasteiger partial charge >= 0.3 is 5.97 Å². The van der Waals surface area contributed by atoms with Crippen LogP contribution in [0.4, 0.5) is 5.69 Å². The minimum atomic E-state index is -1.05. The molecule has 120 valence electrons. The highest BCUT2D eigenvalue weighted by molar-refractivity contribution is 6.05. The van der Waals surface area contributed by atoms with Crippen LogP contribution < -0.4 is 14.8 Å². The molecule has 23 heavy (non-hydrogen) atoms. The number of hydrogen-bond donors (Lipinski definition) is 2. The van der Waals surface area contributed by atoms with E-state index in [1.54, 1.807) is 42.5 Å². The van der Waals surface area contributed by atoms with E-state index in [1.807, 2.05) is 6.07 Å². The Bertz CT molecular complexity index is 696. The Kier molecular flexibility index (Phi) is 5.19. The number of carboxylic acid groups (broad SMARTS) is 1. The van der Waals surface area contributed by atoms with Crippen LogP contribution in [0.5, 0.6) is 11.5 Å². The highest BCUT2D eigenvalue weighted by Gasteiger charge is 2.13. The molecule has 2 N–H and O–H groups in total. The van der Waals surface area contributed by atoms with Crippen LogP contribution in [-0.2, 0) is 4.79 Å². The summed E-state index contributed by atoms with van der Waals surface area (Å²) in [7, 11) is 1.53. The van der Waals surface area contributed by atoms with Crippen LogP contribution in [0.15, 0.2) is 48.5 Å². The van der Waals surface area contributed by atoms with Gasteiger partial charge in [-0.05, 0) is 43.3 Å². The van der Waals surface area contributed by atoms with E-state index in [4.69, 9.17) is 14.6 Å². The van der Waals surface area contributed by atoms with Crippen LogP contribution >= 0.6 is 0 Å². The van der Waals surface area contributed by atoms with Gasteiger partial charge in [0, 0.05) is 5.56 Å². The van der Waals surface area contributed by atoms with Gasteiger partial charge in [-0.2, -0.15) is 0 Å². The average Bonchev–Trinajstić information content (AvgIpc) is 2.55. The van der Waals surface area contributed by atoms with E-state index in [2.05, 4.69) is 5.32 Å². The maximum atomic E-state index is 12.2. The number of benzene rings is 2. The van der Waals surface area contributed by atoms with E-state index in [-0.39, 0.29) is 5.91 Å². The molecule has 0 spiro atoms.